The molecule has 0 aliphatic heterocycles. The summed E-state index contributed by atoms with van der Waals surface area (Å²) in [6.07, 6.45) is 41.1. The summed E-state index contributed by atoms with van der Waals surface area (Å²) in [6.45, 7) is 4.69. The monoisotopic (exact) mass is 742 g/mol. The summed E-state index contributed by atoms with van der Waals surface area (Å²) in [5, 5.41) is 0. The summed E-state index contributed by atoms with van der Waals surface area (Å²) in [7, 11) is 1.30. The second-order valence-electron chi connectivity index (χ2n) is 15.1. The third kappa shape index (κ3) is 39.6. The van der Waals surface area contributed by atoms with E-state index < -0.39 is 13.9 Å². The van der Waals surface area contributed by atoms with Gasteiger partial charge in [-0.25, -0.2) is 0 Å². The Morgan fingerprint density at radius 2 is 1.10 bits per heavy atom. The number of phosphoric acid groups is 1. The lowest BCUT2D eigenvalue weighted by atomic mass is 10.0. The predicted molar refractivity (Wildman–Crippen MR) is 212 cm³/mol. The van der Waals surface area contributed by atoms with Crippen LogP contribution in [0.1, 0.15) is 174 Å². The second kappa shape index (κ2) is 35.6. The molecule has 0 heterocycles. The molecule has 0 radical (unpaired) electrons. The van der Waals surface area contributed by atoms with Crippen molar-refractivity contribution in [2.45, 2.75) is 180 Å². The number of hydrogen-bond acceptors (Lipinski definition) is 7. The maximum absolute atomic E-state index is 12.6. The maximum atomic E-state index is 12.6. The van der Waals surface area contributed by atoms with E-state index >= 15 is 0 Å². The molecule has 0 saturated heterocycles. The largest absolute Gasteiger partial charge is 0.756 e. The van der Waals surface area contributed by atoms with E-state index in [-0.39, 0.29) is 32.2 Å². The van der Waals surface area contributed by atoms with Gasteiger partial charge >= 0.3 is 5.97 Å². The summed E-state index contributed by atoms with van der Waals surface area (Å²) in [5.74, 6) is -0.388. The number of quaternary nitrogens is 1. The van der Waals surface area contributed by atoms with E-state index in [1.807, 2.05) is 27.2 Å². The van der Waals surface area contributed by atoms with Crippen molar-refractivity contribution >= 4 is 13.8 Å². The van der Waals surface area contributed by atoms with E-state index in [2.05, 4.69) is 38.2 Å². The van der Waals surface area contributed by atoms with Crippen LogP contribution in [0, 0.1) is 0 Å². The van der Waals surface area contributed by atoms with E-state index in [0.29, 0.717) is 17.4 Å². The highest BCUT2D eigenvalue weighted by Gasteiger charge is 2.20. The number of esters is 1. The van der Waals surface area contributed by atoms with Gasteiger partial charge in [-0.3, -0.25) is 9.36 Å². The van der Waals surface area contributed by atoms with Gasteiger partial charge in [0.05, 0.1) is 34.0 Å². The lowest BCUT2D eigenvalue weighted by Gasteiger charge is -2.28. The third-order valence-electron chi connectivity index (χ3n) is 8.76. The molecule has 0 saturated carbocycles. The number of likely N-dealkylation sites (N-methyl/N-ethyl adjacent to an activating group) is 1. The van der Waals surface area contributed by atoms with Gasteiger partial charge in [-0.05, 0) is 57.4 Å². The minimum absolute atomic E-state index is 0.00861. The fourth-order valence-corrected chi connectivity index (χ4v) is 6.21. The van der Waals surface area contributed by atoms with E-state index in [9.17, 15) is 14.3 Å². The highest BCUT2D eigenvalue weighted by atomic mass is 31.2. The quantitative estimate of drug-likeness (QED) is 0.0155. The molecule has 0 amide bonds. The topological polar surface area (TPSA) is 94.1 Å². The molecule has 51 heavy (non-hydrogen) atoms. The molecule has 8 nitrogen and oxygen atoms in total. The fraction of sp³-hybridized carbons (Fsp3) is 0.833. The Morgan fingerprint density at radius 1 is 0.627 bits per heavy atom. The van der Waals surface area contributed by atoms with Gasteiger partial charge in [0.1, 0.15) is 19.8 Å². The minimum atomic E-state index is -4.54. The summed E-state index contributed by atoms with van der Waals surface area (Å²) >= 11 is 0. The Kier molecular flexibility index (Phi) is 34.6. The van der Waals surface area contributed by atoms with Gasteiger partial charge in [-0.2, -0.15) is 0 Å². The number of rotatable bonds is 38. The Labute approximate surface area is 315 Å². The molecule has 0 rings (SSSR count). The molecule has 0 N–H and O–H groups in total. The molecular formula is C42H80NO7P. The first-order chi connectivity index (χ1) is 24.6. The molecule has 0 aliphatic rings. The molecule has 1 unspecified atom stereocenters. The highest BCUT2D eigenvalue weighted by Crippen LogP contribution is 2.38. The highest BCUT2D eigenvalue weighted by molar-refractivity contribution is 7.45. The lowest BCUT2D eigenvalue weighted by Crippen LogP contribution is -2.37. The number of ether oxygens (including phenoxy) is 2. The van der Waals surface area contributed by atoms with Gasteiger partial charge < -0.3 is 27.9 Å². The Hall–Kier alpha value is -1.44. The van der Waals surface area contributed by atoms with Crippen molar-refractivity contribution in [1.82, 2.24) is 0 Å². The smallest absolute Gasteiger partial charge is 0.306 e. The van der Waals surface area contributed by atoms with Gasteiger partial charge in [-0.15, -0.1) is 0 Å². The number of hydrogen-bond donors (Lipinski definition) is 0. The number of phosphoric ester groups is 1. The lowest BCUT2D eigenvalue weighted by molar-refractivity contribution is -0.870. The predicted octanol–water partition coefficient (Wildman–Crippen LogP) is 11.5. The molecule has 2 atom stereocenters. The molecule has 0 bridgehead atoms. The van der Waals surface area contributed by atoms with Crippen molar-refractivity contribution in [2.75, 3.05) is 47.5 Å². The second-order valence-corrected chi connectivity index (χ2v) is 16.5. The number of carbonyl (C=O) groups is 1. The zero-order chi connectivity index (χ0) is 37.7. The Balaban J connectivity index is 4.38. The molecule has 300 valence electrons. The van der Waals surface area contributed by atoms with Crippen LogP contribution in [-0.2, 0) is 27.9 Å². The average Bonchev–Trinajstić information content (AvgIpc) is 3.08. The van der Waals surface area contributed by atoms with Crippen molar-refractivity contribution in [3.05, 3.63) is 36.6 Å². The zero-order valence-electron chi connectivity index (χ0n) is 33.8. The molecule has 0 spiro atoms. The standard InChI is InChI=1S/C42H80NO7P/c1-6-8-10-12-14-16-18-20-22-23-25-27-29-31-33-35-42(44)50-41(40-49-51(45,46)48-38-36-43(3,4)5)39-47-37-34-32-30-28-26-24-21-19-17-15-13-11-9-7-2/h20,22,25,27,34,37,41H,6-19,21,23-24,26,28-33,35-36,38-40H2,1-5H3/b22-20+,27-25+,37-34+/t41-/m1/s1. The SMILES string of the molecule is CCCCCCCC/C=C/C/C=C/CCCCC(=O)O[C@H](CO/C=C/CCCCCCCCCCCCCC)COP(=O)([O-])OCC[N+](C)(C)C. The zero-order valence-corrected chi connectivity index (χ0v) is 34.7. The van der Waals surface area contributed by atoms with Gasteiger partial charge in [0, 0.05) is 6.42 Å². The van der Waals surface area contributed by atoms with E-state index in [0.717, 1.165) is 38.5 Å². The van der Waals surface area contributed by atoms with Gasteiger partial charge in [0.2, 0.25) is 0 Å². The first-order valence-electron chi connectivity index (χ1n) is 20.8. The molecule has 9 heteroatoms. The summed E-state index contributed by atoms with van der Waals surface area (Å²) in [4.78, 5) is 24.9. The van der Waals surface area contributed by atoms with Crippen molar-refractivity contribution in [2.24, 2.45) is 0 Å². The Morgan fingerprint density at radius 3 is 1.61 bits per heavy atom. The molecule has 0 aliphatic carbocycles. The van der Waals surface area contributed by atoms with Crippen LogP contribution in [-0.4, -0.2) is 64.1 Å². The minimum Gasteiger partial charge on any atom is -0.756 e. The van der Waals surface area contributed by atoms with Gasteiger partial charge in [-0.1, -0.05) is 141 Å². The molecule has 0 aromatic heterocycles. The number of allylic oxidation sites excluding steroid dienone is 5. The normalized spacial score (nSPS) is 14.2. The van der Waals surface area contributed by atoms with E-state index in [1.165, 1.54) is 109 Å². The van der Waals surface area contributed by atoms with Crippen LogP contribution in [0.4, 0.5) is 0 Å². The van der Waals surface area contributed by atoms with Crippen LogP contribution in [0.3, 0.4) is 0 Å². The van der Waals surface area contributed by atoms with Crippen molar-refractivity contribution in [3.63, 3.8) is 0 Å². The number of nitrogens with zero attached hydrogens (tertiary/aromatic N) is 1. The molecule has 0 aromatic carbocycles. The van der Waals surface area contributed by atoms with Crippen molar-refractivity contribution in [1.29, 1.82) is 0 Å². The van der Waals surface area contributed by atoms with Crippen LogP contribution >= 0.6 is 7.82 Å². The average molecular weight is 742 g/mol. The maximum Gasteiger partial charge on any atom is 0.306 e. The van der Waals surface area contributed by atoms with Crippen LogP contribution in [0.15, 0.2) is 36.6 Å². The first-order valence-corrected chi connectivity index (χ1v) is 22.2. The van der Waals surface area contributed by atoms with Gasteiger partial charge in [0.15, 0.2) is 6.10 Å². The Bertz CT molecular complexity index is 915. The first kappa shape index (κ1) is 49.6. The fourth-order valence-electron chi connectivity index (χ4n) is 5.48. The van der Waals surface area contributed by atoms with Gasteiger partial charge in [0.25, 0.3) is 7.82 Å². The van der Waals surface area contributed by atoms with Crippen LogP contribution < -0.4 is 4.89 Å². The van der Waals surface area contributed by atoms with Crippen LogP contribution in [0.2, 0.25) is 0 Å². The van der Waals surface area contributed by atoms with Crippen molar-refractivity contribution < 1.29 is 37.3 Å². The third-order valence-corrected chi connectivity index (χ3v) is 9.72. The van der Waals surface area contributed by atoms with Crippen molar-refractivity contribution in [3.8, 4) is 0 Å². The van der Waals surface area contributed by atoms with Crippen LogP contribution in [0.25, 0.3) is 0 Å². The van der Waals surface area contributed by atoms with E-state index in [4.69, 9.17) is 18.5 Å². The molecule has 0 aromatic rings. The summed E-state index contributed by atoms with van der Waals surface area (Å²) in [5.41, 5.74) is 0. The number of carbonyl (C=O) groups excluding carboxylic acids is 1. The van der Waals surface area contributed by atoms with E-state index in [1.54, 1.807) is 6.26 Å². The molecular weight excluding hydrogens is 661 g/mol. The number of unbranched alkanes of at least 4 members (excludes halogenated alkanes) is 20. The summed E-state index contributed by atoms with van der Waals surface area (Å²) < 4.78 is 34.2. The molecule has 0 fully saturated rings. The van der Waals surface area contributed by atoms with Crippen LogP contribution in [0.5, 0.6) is 0 Å². The summed E-state index contributed by atoms with van der Waals surface area (Å²) in [6, 6.07) is 0.